The van der Waals surface area contributed by atoms with E-state index in [0.717, 1.165) is 23.9 Å². The summed E-state index contributed by atoms with van der Waals surface area (Å²) in [4.78, 5) is 14.8. The van der Waals surface area contributed by atoms with Gasteiger partial charge in [0.2, 0.25) is 0 Å². The van der Waals surface area contributed by atoms with Crippen LogP contribution in [0.25, 0.3) is 50.3 Å². The van der Waals surface area contributed by atoms with Crippen molar-refractivity contribution in [2.45, 2.75) is 25.2 Å². The third-order valence-electron chi connectivity index (χ3n) is 7.71. The van der Waals surface area contributed by atoms with Gasteiger partial charge in [0.1, 0.15) is 11.3 Å². The normalized spacial score (nSPS) is 17.5. The smallest absolute Gasteiger partial charge is 0.261 e. The van der Waals surface area contributed by atoms with Crippen LogP contribution in [-0.4, -0.2) is 55.6 Å². The number of nitrogens with one attached hydrogen (secondary N) is 2. The monoisotopic (exact) mass is 567 g/mol. The number of rotatable bonds is 7. The van der Waals surface area contributed by atoms with E-state index < -0.39 is 5.92 Å². The molecule has 0 radical (unpaired) electrons. The maximum Gasteiger partial charge on any atom is 0.261 e. The number of H-pyrrole nitrogens is 2. The Labute approximate surface area is 239 Å². The summed E-state index contributed by atoms with van der Waals surface area (Å²) in [7, 11) is 0. The van der Waals surface area contributed by atoms with Crippen molar-refractivity contribution in [1.29, 1.82) is 0 Å². The van der Waals surface area contributed by atoms with Crippen LogP contribution in [0.2, 0.25) is 0 Å². The Hall–Kier alpha value is -4.70. The van der Waals surface area contributed by atoms with Crippen molar-refractivity contribution in [3.05, 3.63) is 95.6 Å². The van der Waals surface area contributed by atoms with Crippen molar-refractivity contribution in [2.24, 2.45) is 5.73 Å². The van der Waals surface area contributed by atoms with Crippen LogP contribution in [0.5, 0.6) is 0 Å². The number of nitrogens with zero attached hydrogens (tertiary/aromatic N) is 4. The zero-order valence-electron chi connectivity index (χ0n) is 22.7. The molecular formula is C32H28F3N7. The lowest BCUT2D eigenvalue weighted by atomic mass is 10.0. The molecule has 0 amide bonds. The second-order valence-corrected chi connectivity index (χ2v) is 10.9. The van der Waals surface area contributed by atoms with Crippen LogP contribution in [-0.2, 0) is 0 Å². The number of fused-ring (bicyclic) bond motifs is 2. The van der Waals surface area contributed by atoms with E-state index in [0.29, 0.717) is 63.6 Å². The molecule has 212 valence electrons. The number of nitrogens with two attached hydrogens (primary N) is 1. The number of alkyl halides is 2. The van der Waals surface area contributed by atoms with Crippen LogP contribution in [0.15, 0.2) is 84.1 Å². The topological polar surface area (TPSA) is 99.5 Å². The van der Waals surface area contributed by atoms with E-state index in [2.05, 4.69) is 21.3 Å². The third kappa shape index (κ3) is 5.09. The molecule has 1 saturated heterocycles. The van der Waals surface area contributed by atoms with Gasteiger partial charge >= 0.3 is 0 Å². The third-order valence-corrected chi connectivity index (χ3v) is 7.71. The van der Waals surface area contributed by atoms with Crippen LogP contribution in [0.4, 0.5) is 13.2 Å². The van der Waals surface area contributed by atoms with Crippen LogP contribution in [0.1, 0.15) is 25.0 Å². The van der Waals surface area contributed by atoms with Gasteiger partial charge in [0.05, 0.1) is 28.8 Å². The van der Waals surface area contributed by atoms with Gasteiger partial charge in [-0.3, -0.25) is 10.00 Å². The molecule has 7 rings (SSSR count). The molecule has 1 aliphatic carbocycles. The average molecular weight is 568 g/mol. The van der Waals surface area contributed by atoms with Crippen LogP contribution in [0.3, 0.4) is 0 Å². The van der Waals surface area contributed by atoms with E-state index in [1.807, 2.05) is 36.4 Å². The summed E-state index contributed by atoms with van der Waals surface area (Å²) < 4.78 is 42.3. The van der Waals surface area contributed by atoms with Crippen molar-refractivity contribution in [2.75, 3.05) is 19.6 Å². The minimum Gasteiger partial charge on any atom is -0.404 e. The van der Waals surface area contributed by atoms with Crippen LogP contribution in [0, 0.1) is 5.82 Å². The Morgan fingerprint density at radius 3 is 2.57 bits per heavy atom. The molecule has 10 heteroatoms. The largest absolute Gasteiger partial charge is 0.404 e. The van der Waals surface area contributed by atoms with E-state index in [9.17, 15) is 13.2 Å². The summed E-state index contributed by atoms with van der Waals surface area (Å²) in [6, 6.07) is 15.9. The number of likely N-dealkylation sites (tertiary alicyclic amines) is 1. The SMILES string of the molecule is N/C=C(\C=C(/C=C1CC1)CN1CCC(F)(F)C1)c1ccc2[nH]nc(-c3nc4c(-c5ccccc5F)cccc4[nH]3)c2n1. The zero-order chi connectivity index (χ0) is 28.8. The fourth-order valence-corrected chi connectivity index (χ4v) is 5.49. The number of halogens is 3. The molecule has 1 aliphatic heterocycles. The number of benzene rings is 2. The standard InChI is InChI=1S/C32H28F3N7/c33-24-6-2-1-4-22(24)23-5-3-7-26-28(23)39-31(38-26)30-29-27(40-41-30)11-10-25(37-29)21(16-36)15-20(14-19-8-9-19)17-42-13-12-32(34,35)18-42/h1-7,10-11,14-16H,8-9,12-13,17-18,36H2,(H,38,39)(H,40,41)/b20-15+,21-16+. The van der Waals surface area contributed by atoms with E-state index in [1.54, 1.807) is 23.1 Å². The van der Waals surface area contributed by atoms with Gasteiger partial charge < -0.3 is 10.7 Å². The molecule has 5 aromatic rings. The highest BCUT2D eigenvalue weighted by Crippen LogP contribution is 2.34. The van der Waals surface area contributed by atoms with Gasteiger partial charge in [-0.25, -0.2) is 23.1 Å². The summed E-state index contributed by atoms with van der Waals surface area (Å²) in [5, 5.41) is 7.50. The highest BCUT2D eigenvalue weighted by molar-refractivity contribution is 5.96. The van der Waals surface area contributed by atoms with Crippen LogP contribution < -0.4 is 5.73 Å². The number of hydrogen-bond donors (Lipinski definition) is 3. The molecule has 4 N–H and O–H groups in total. The maximum absolute atomic E-state index is 14.6. The number of para-hydroxylation sites is 1. The molecule has 0 unspecified atom stereocenters. The Kier molecular flexibility index (Phi) is 6.42. The number of aromatic amines is 2. The number of imidazole rings is 1. The van der Waals surface area contributed by atoms with Gasteiger partial charge in [0.15, 0.2) is 11.5 Å². The highest BCUT2D eigenvalue weighted by Gasteiger charge is 2.38. The minimum atomic E-state index is -2.65. The predicted molar refractivity (Wildman–Crippen MR) is 158 cm³/mol. The fraction of sp³-hybridized carbons (Fsp3) is 0.219. The Morgan fingerprint density at radius 1 is 0.976 bits per heavy atom. The summed E-state index contributed by atoms with van der Waals surface area (Å²) in [5.74, 6) is -2.48. The first kappa shape index (κ1) is 26.2. The fourth-order valence-electron chi connectivity index (χ4n) is 5.49. The molecule has 7 nitrogen and oxygen atoms in total. The molecule has 2 aromatic carbocycles. The van der Waals surface area contributed by atoms with Crippen molar-refractivity contribution in [3.8, 4) is 22.6 Å². The average Bonchev–Trinajstić information content (AvgIpc) is 3.36. The molecule has 2 aliphatic rings. The first-order valence-corrected chi connectivity index (χ1v) is 13.9. The van der Waals surface area contributed by atoms with Crippen molar-refractivity contribution >= 4 is 27.6 Å². The number of hydrogen-bond acceptors (Lipinski definition) is 5. The quantitative estimate of drug-likeness (QED) is 0.193. The van der Waals surface area contributed by atoms with Crippen molar-refractivity contribution < 1.29 is 13.2 Å². The molecular weight excluding hydrogens is 539 g/mol. The Balaban J connectivity index is 1.25. The van der Waals surface area contributed by atoms with E-state index in [1.165, 1.54) is 17.8 Å². The minimum absolute atomic E-state index is 0.124. The molecule has 3 aromatic heterocycles. The van der Waals surface area contributed by atoms with Gasteiger partial charge in [-0.2, -0.15) is 5.10 Å². The van der Waals surface area contributed by atoms with Gasteiger partial charge in [-0.15, -0.1) is 0 Å². The summed E-state index contributed by atoms with van der Waals surface area (Å²) >= 11 is 0. The van der Waals surface area contributed by atoms with Gasteiger partial charge in [-0.1, -0.05) is 42.0 Å². The second-order valence-electron chi connectivity index (χ2n) is 10.9. The molecule has 2 fully saturated rings. The molecule has 0 bridgehead atoms. The lowest BCUT2D eigenvalue weighted by molar-refractivity contribution is 0.0131. The summed E-state index contributed by atoms with van der Waals surface area (Å²) in [5.41, 5.74) is 13.9. The Morgan fingerprint density at radius 2 is 1.81 bits per heavy atom. The lowest BCUT2D eigenvalue weighted by Crippen LogP contribution is -2.26. The molecule has 0 atom stereocenters. The first-order chi connectivity index (χ1) is 20.4. The van der Waals surface area contributed by atoms with Crippen molar-refractivity contribution in [1.82, 2.24) is 30.0 Å². The number of aromatic nitrogens is 5. The molecule has 1 saturated carbocycles. The van der Waals surface area contributed by atoms with Crippen molar-refractivity contribution in [3.63, 3.8) is 0 Å². The number of pyridine rings is 1. The van der Waals surface area contributed by atoms with E-state index >= 15 is 0 Å². The zero-order valence-corrected chi connectivity index (χ0v) is 22.7. The Bertz CT molecular complexity index is 1910. The molecule has 42 heavy (non-hydrogen) atoms. The second kappa shape index (κ2) is 10.3. The first-order valence-electron chi connectivity index (χ1n) is 13.9. The van der Waals surface area contributed by atoms with E-state index in [4.69, 9.17) is 15.7 Å². The highest BCUT2D eigenvalue weighted by atomic mass is 19.3. The summed E-state index contributed by atoms with van der Waals surface area (Å²) in [6.45, 7) is 0.529. The lowest BCUT2D eigenvalue weighted by Gasteiger charge is -2.16. The van der Waals surface area contributed by atoms with E-state index in [-0.39, 0.29) is 18.8 Å². The van der Waals surface area contributed by atoms with Gasteiger partial charge in [-0.05, 0) is 48.8 Å². The maximum atomic E-state index is 14.6. The van der Waals surface area contributed by atoms with Gasteiger partial charge in [0, 0.05) is 42.4 Å². The molecule has 4 heterocycles. The summed E-state index contributed by atoms with van der Waals surface area (Å²) in [6.07, 6.45) is 7.42. The molecule has 0 spiro atoms. The van der Waals surface area contributed by atoms with Crippen LogP contribution >= 0.6 is 0 Å². The predicted octanol–water partition coefficient (Wildman–Crippen LogP) is 6.59. The number of allylic oxidation sites excluding steroid dienone is 3. The van der Waals surface area contributed by atoms with Gasteiger partial charge in [0.25, 0.3) is 5.92 Å².